The molecule has 1 fully saturated rings. The van der Waals surface area contributed by atoms with E-state index in [-0.39, 0.29) is 0 Å². The fourth-order valence-corrected chi connectivity index (χ4v) is 3.68. The first-order chi connectivity index (χ1) is 11.8. The van der Waals surface area contributed by atoms with Crippen LogP contribution in [0.5, 0.6) is 0 Å². The molecular weight excluding hydrogens is 324 g/mol. The summed E-state index contributed by atoms with van der Waals surface area (Å²) in [4.78, 5) is 14.0. The van der Waals surface area contributed by atoms with Crippen LogP contribution in [0.1, 0.15) is 11.5 Å². The number of hydrogen-bond acceptors (Lipinski definition) is 7. The predicted octanol–water partition coefficient (Wildman–Crippen LogP) is 1.65. The smallest absolute Gasteiger partial charge is 0.205 e. The van der Waals surface area contributed by atoms with Crippen molar-refractivity contribution < 1.29 is 4.74 Å². The third kappa shape index (κ3) is 3.26. The topological polar surface area (TPSA) is 58.8 Å². The highest BCUT2D eigenvalue weighted by Crippen LogP contribution is 2.20. The van der Waals surface area contributed by atoms with Gasteiger partial charge in [-0.25, -0.2) is 9.97 Å². The van der Waals surface area contributed by atoms with Gasteiger partial charge in [0.05, 0.1) is 5.69 Å². The van der Waals surface area contributed by atoms with Crippen LogP contribution in [-0.2, 0) is 17.9 Å². The van der Waals surface area contributed by atoms with Crippen molar-refractivity contribution in [1.29, 1.82) is 0 Å². The summed E-state index contributed by atoms with van der Waals surface area (Å²) >= 11 is 1.45. The minimum atomic E-state index is 0.477. The van der Waals surface area contributed by atoms with Crippen LogP contribution in [-0.4, -0.2) is 56.9 Å². The predicted molar refractivity (Wildman–Crippen MR) is 93.3 cm³/mol. The molecule has 0 aliphatic carbocycles. The Morgan fingerprint density at radius 3 is 2.83 bits per heavy atom. The molecule has 0 atom stereocenters. The quantitative estimate of drug-likeness (QED) is 0.701. The van der Waals surface area contributed by atoms with Crippen LogP contribution < -0.4 is 4.90 Å². The van der Waals surface area contributed by atoms with E-state index in [1.54, 1.807) is 7.11 Å². The molecule has 4 heterocycles. The molecule has 0 bridgehead atoms. The van der Waals surface area contributed by atoms with Gasteiger partial charge in [0.2, 0.25) is 5.13 Å². The Morgan fingerprint density at radius 1 is 1.17 bits per heavy atom. The van der Waals surface area contributed by atoms with Gasteiger partial charge in [-0.2, -0.15) is 4.37 Å². The highest BCUT2D eigenvalue weighted by molar-refractivity contribution is 7.09. The Hall–Kier alpha value is -2.03. The summed E-state index contributed by atoms with van der Waals surface area (Å²) < 4.78 is 11.5. The molecule has 126 valence electrons. The largest absolute Gasteiger partial charge is 0.377 e. The summed E-state index contributed by atoms with van der Waals surface area (Å²) in [6.45, 7) is 5.31. The van der Waals surface area contributed by atoms with Gasteiger partial charge in [0, 0.05) is 63.8 Å². The number of methoxy groups -OCH3 is 1. The van der Waals surface area contributed by atoms with Gasteiger partial charge in [-0.05, 0) is 12.1 Å². The zero-order chi connectivity index (χ0) is 16.4. The average Bonchev–Trinajstić information content (AvgIpc) is 3.22. The van der Waals surface area contributed by atoms with Crippen LogP contribution >= 0.6 is 11.5 Å². The van der Waals surface area contributed by atoms with Crippen LogP contribution in [0.2, 0.25) is 0 Å². The molecule has 1 saturated heterocycles. The summed E-state index contributed by atoms with van der Waals surface area (Å²) in [6.07, 6.45) is 4.15. The van der Waals surface area contributed by atoms with E-state index in [0.29, 0.717) is 6.61 Å². The highest BCUT2D eigenvalue weighted by Gasteiger charge is 2.20. The maximum absolute atomic E-state index is 5.08. The van der Waals surface area contributed by atoms with Gasteiger partial charge in [-0.1, -0.05) is 6.07 Å². The molecule has 3 aromatic rings. The number of rotatable bonds is 5. The lowest BCUT2D eigenvalue weighted by molar-refractivity contribution is 0.179. The van der Waals surface area contributed by atoms with E-state index >= 15 is 0 Å². The Bertz CT molecular complexity index is 775. The van der Waals surface area contributed by atoms with Crippen molar-refractivity contribution in [2.75, 3.05) is 38.2 Å². The van der Waals surface area contributed by atoms with Gasteiger partial charge < -0.3 is 14.0 Å². The number of anilines is 1. The van der Waals surface area contributed by atoms with Crippen molar-refractivity contribution in [3.63, 3.8) is 0 Å². The van der Waals surface area contributed by atoms with Crippen molar-refractivity contribution in [3.05, 3.63) is 42.1 Å². The fraction of sp³-hybridized carbons (Fsp3) is 0.438. The summed E-state index contributed by atoms with van der Waals surface area (Å²) in [5.74, 6) is 0.768. The molecule has 24 heavy (non-hydrogen) atoms. The Labute approximate surface area is 144 Å². The van der Waals surface area contributed by atoms with Crippen molar-refractivity contribution in [2.24, 2.45) is 0 Å². The SMILES string of the molecule is COCc1nsc(N2CCN(Cc3cn4ccccc4n3)CC2)n1. The Morgan fingerprint density at radius 2 is 2.04 bits per heavy atom. The zero-order valence-electron chi connectivity index (χ0n) is 13.6. The maximum Gasteiger partial charge on any atom is 0.205 e. The second-order valence-electron chi connectivity index (χ2n) is 5.89. The molecule has 0 N–H and O–H groups in total. The van der Waals surface area contributed by atoms with Crippen molar-refractivity contribution >= 4 is 22.3 Å². The highest BCUT2D eigenvalue weighted by atomic mass is 32.1. The molecular formula is C16H20N6OS. The van der Waals surface area contributed by atoms with Crippen LogP contribution in [0.25, 0.3) is 5.65 Å². The summed E-state index contributed by atoms with van der Waals surface area (Å²) in [7, 11) is 1.67. The van der Waals surface area contributed by atoms with Crippen LogP contribution in [0.4, 0.5) is 5.13 Å². The van der Waals surface area contributed by atoms with Crippen LogP contribution in [0, 0.1) is 0 Å². The molecule has 1 aliphatic heterocycles. The van der Waals surface area contributed by atoms with Crippen molar-refractivity contribution in [2.45, 2.75) is 13.2 Å². The van der Waals surface area contributed by atoms with Crippen molar-refractivity contribution in [1.82, 2.24) is 23.6 Å². The minimum absolute atomic E-state index is 0.477. The van der Waals surface area contributed by atoms with E-state index < -0.39 is 0 Å². The summed E-state index contributed by atoms with van der Waals surface area (Å²) in [6, 6.07) is 6.08. The van der Waals surface area contributed by atoms with E-state index in [9.17, 15) is 0 Å². The molecule has 3 aromatic heterocycles. The van der Waals surface area contributed by atoms with E-state index in [2.05, 4.69) is 34.7 Å². The molecule has 0 saturated carbocycles. The second kappa shape index (κ2) is 6.84. The molecule has 0 radical (unpaired) electrons. The lowest BCUT2D eigenvalue weighted by Gasteiger charge is -2.33. The number of nitrogens with zero attached hydrogens (tertiary/aromatic N) is 6. The molecule has 1 aliphatic rings. The second-order valence-corrected chi connectivity index (χ2v) is 6.62. The monoisotopic (exact) mass is 344 g/mol. The Balaban J connectivity index is 1.35. The van der Waals surface area contributed by atoms with Gasteiger partial charge in [0.1, 0.15) is 12.3 Å². The average molecular weight is 344 g/mol. The zero-order valence-corrected chi connectivity index (χ0v) is 14.4. The molecule has 0 amide bonds. The normalized spacial score (nSPS) is 16.1. The van der Waals surface area contributed by atoms with Gasteiger partial charge in [0.25, 0.3) is 0 Å². The van der Waals surface area contributed by atoms with E-state index in [1.807, 2.05) is 24.4 Å². The molecule has 7 nitrogen and oxygen atoms in total. The van der Waals surface area contributed by atoms with Gasteiger partial charge in [-0.15, -0.1) is 0 Å². The fourth-order valence-electron chi connectivity index (χ4n) is 2.95. The number of pyridine rings is 1. The molecule has 0 spiro atoms. The third-order valence-corrected chi connectivity index (χ3v) is 4.99. The maximum atomic E-state index is 5.08. The van der Waals surface area contributed by atoms with Gasteiger partial charge in [-0.3, -0.25) is 4.90 Å². The van der Waals surface area contributed by atoms with E-state index in [0.717, 1.165) is 55.0 Å². The van der Waals surface area contributed by atoms with Gasteiger partial charge in [0.15, 0.2) is 5.82 Å². The van der Waals surface area contributed by atoms with Crippen LogP contribution in [0.3, 0.4) is 0 Å². The molecule has 8 heteroatoms. The Kier molecular flexibility index (Phi) is 4.42. The lowest BCUT2D eigenvalue weighted by atomic mass is 10.3. The van der Waals surface area contributed by atoms with E-state index in [1.165, 1.54) is 11.5 Å². The van der Waals surface area contributed by atoms with Gasteiger partial charge >= 0.3 is 0 Å². The summed E-state index contributed by atoms with van der Waals surface area (Å²) in [5.41, 5.74) is 2.12. The molecule has 4 rings (SSSR count). The number of fused-ring (bicyclic) bond motifs is 1. The number of imidazole rings is 1. The molecule has 0 unspecified atom stereocenters. The number of aromatic nitrogens is 4. The number of piperazine rings is 1. The molecule has 0 aromatic carbocycles. The number of hydrogen-bond donors (Lipinski definition) is 0. The van der Waals surface area contributed by atoms with Crippen LogP contribution in [0.15, 0.2) is 30.6 Å². The van der Waals surface area contributed by atoms with E-state index in [4.69, 9.17) is 4.74 Å². The van der Waals surface area contributed by atoms with Crippen molar-refractivity contribution in [3.8, 4) is 0 Å². The number of ether oxygens (including phenoxy) is 1. The first kappa shape index (κ1) is 15.5. The lowest BCUT2D eigenvalue weighted by Crippen LogP contribution is -2.46. The standard InChI is InChI=1S/C16H20N6OS/c1-23-12-14-18-16(24-19-14)21-8-6-20(7-9-21)10-13-11-22-5-3-2-4-15(22)17-13/h2-5,11H,6-10,12H2,1H3. The first-order valence-corrected chi connectivity index (χ1v) is 8.80. The summed E-state index contributed by atoms with van der Waals surface area (Å²) in [5, 5.41) is 0.995. The minimum Gasteiger partial charge on any atom is -0.377 e. The first-order valence-electron chi connectivity index (χ1n) is 8.03. The third-order valence-electron chi connectivity index (χ3n) is 4.17.